The van der Waals surface area contributed by atoms with Crippen molar-refractivity contribution in [2.45, 2.75) is 0 Å². The number of aromatic nitrogens is 1. The molecule has 0 saturated heterocycles. The van der Waals surface area contributed by atoms with Crippen molar-refractivity contribution in [1.82, 2.24) is 4.98 Å². The van der Waals surface area contributed by atoms with Gasteiger partial charge in [0.15, 0.2) is 0 Å². The van der Waals surface area contributed by atoms with Crippen LogP contribution in [0.25, 0.3) is 0 Å². The van der Waals surface area contributed by atoms with E-state index in [2.05, 4.69) is 25.8 Å². The molecule has 1 aromatic carbocycles. The van der Waals surface area contributed by atoms with Crippen molar-refractivity contribution < 1.29 is 4.74 Å². The van der Waals surface area contributed by atoms with Gasteiger partial charge in [-0.25, -0.2) is 0 Å². The van der Waals surface area contributed by atoms with Crippen LogP contribution in [-0.4, -0.2) is 19.1 Å². The lowest BCUT2D eigenvalue weighted by Crippen LogP contribution is -2.10. The van der Waals surface area contributed by atoms with Crippen LogP contribution in [0.1, 0.15) is 0 Å². The third kappa shape index (κ3) is 2.58. The van der Waals surface area contributed by atoms with Gasteiger partial charge in [-0.15, -0.1) is 0 Å². The van der Waals surface area contributed by atoms with E-state index in [-0.39, 0.29) is 0 Å². The van der Waals surface area contributed by atoms with Crippen LogP contribution in [0.3, 0.4) is 0 Å². The summed E-state index contributed by atoms with van der Waals surface area (Å²) in [5, 5.41) is 0. The lowest BCUT2D eigenvalue weighted by molar-refractivity contribution is 0.415. The van der Waals surface area contributed by atoms with Crippen molar-refractivity contribution in [3.8, 4) is 5.75 Å². The molecule has 0 aliphatic carbocycles. The largest absolute Gasteiger partial charge is 0.497 e. The van der Waals surface area contributed by atoms with Crippen LogP contribution in [0.4, 0.5) is 11.4 Å². The summed E-state index contributed by atoms with van der Waals surface area (Å²) < 4.78 is 6.18. The molecule has 0 aliphatic heterocycles. The van der Waals surface area contributed by atoms with Gasteiger partial charge in [-0.1, -0.05) is 6.07 Å². The third-order valence-corrected chi connectivity index (χ3v) is 3.16. The van der Waals surface area contributed by atoms with Gasteiger partial charge >= 0.3 is 0 Å². The minimum Gasteiger partial charge on any atom is -0.497 e. The Morgan fingerprint density at radius 3 is 2.82 bits per heavy atom. The van der Waals surface area contributed by atoms with E-state index in [0.717, 1.165) is 21.6 Å². The van der Waals surface area contributed by atoms with Gasteiger partial charge in [0.25, 0.3) is 0 Å². The smallest absolute Gasteiger partial charge is 0.120 e. The van der Waals surface area contributed by atoms with Crippen LogP contribution in [0.2, 0.25) is 0 Å². The highest BCUT2D eigenvalue weighted by Gasteiger charge is 2.08. The first-order valence-corrected chi connectivity index (χ1v) is 5.99. The highest BCUT2D eigenvalue weighted by molar-refractivity contribution is 9.10. The lowest BCUT2D eigenvalue weighted by atomic mass is 10.2. The second-order valence-electron chi connectivity index (χ2n) is 3.59. The molecule has 0 aliphatic rings. The fraction of sp³-hybridized carbons (Fsp3) is 0.154. The molecule has 17 heavy (non-hydrogen) atoms. The number of pyridine rings is 1. The standard InChI is InChI=1S/C13H13BrN2O/c1-16(13-6-7-15-9-12(13)14)10-4-3-5-11(8-10)17-2/h3-9H,1-2H3. The van der Waals surface area contributed by atoms with Crippen molar-refractivity contribution in [1.29, 1.82) is 0 Å². The number of benzene rings is 1. The predicted octanol–water partition coefficient (Wildman–Crippen LogP) is 3.62. The molecule has 0 atom stereocenters. The molecule has 3 nitrogen and oxygen atoms in total. The first-order valence-electron chi connectivity index (χ1n) is 5.19. The molecule has 4 heteroatoms. The Hall–Kier alpha value is -1.55. The highest BCUT2D eigenvalue weighted by atomic mass is 79.9. The second-order valence-corrected chi connectivity index (χ2v) is 4.44. The summed E-state index contributed by atoms with van der Waals surface area (Å²) in [4.78, 5) is 6.13. The quantitative estimate of drug-likeness (QED) is 0.864. The number of hydrogen-bond donors (Lipinski definition) is 0. The first-order chi connectivity index (χ1) is 8.22. The number of rotatable bonds is 3. The summed E-state index contributed by atoms with van der Waals surface area (Å²) in [6, 6.07) is 9.89. The van der Waals surface area contributed by atoms with E-state index in [9.17, 15) is 0 Å². The molecule has 0 bridgehead atoms. The van der Waals surface area contributed by atoms with Crippen molar-refractivity contribution >= 4 is 27.3 Å². The van der Waals surface area contributed by atoms with Crippen molar-refractivity contribution in [2.24, 2.45) is 0 Å². The number of halogens is 1. The number of nitrogens with zero attached hydrogens (tertiary/aromatic N) is 2. The fourth-order valence-corrected chi connectivity index (χ4v) is 2.11. The lowest BCUT2D eigenvalue weighted by Gasteiger charge is -2.21. The van der Waals surface area contributed by atoms with Crippen molar-refractivity contribution in [3.05, 3.63) is 47.2 Å². The zero-order valence-electron chi connectivity index (χ0n) is 9.72. The van der Waals surface area contributed by atoms with Crippen LogP contribution in [-0.2, 0) is 0 Å². The van der Waals surface area contributed by atoms with Crippen molar-refractivity contribution in [3.63, 3.8) is 0 Å². The normalized spacial score (nSPS) is 10.1. The molecule has 0 spiro atoms. The Morgan fingerprint density at radius 2 is 2.12 bits per heavy atom. The summed E-state index contributed by atoms with van der Waals surface area (Å²) in [6.45, 7) is 0. The Morgan fingerprint density at radius 1 is 1.29 bits per heavy atom. The van der Waals surface area contributed by atoms with Crippen molar-refractivity contribution in [2.75, 3.05) is 19.1 Å². The van der Waals surface area contributed by atoms with Gasteiger partial charge in [-0.3, -0.25) is 4.98 Å². The van der Waals surface area contributed by atoms with Gasteiger partial charge in [0.2, 0.25) is 0 Å². The molecule has 1 heterocycles. The molecule has 0 saturated carbocycles. The summed E-state index contributed by atoms with van der Waals surface area (Å²) >= 11 is 3.49. The van der Waals surface area contributed by atoms with Crippen LogP contribution in [0.5, 0.6) is 5.75 Å². The number of anilines is 2. The Balaban J connectivity index is 2.37. The maximum atomic E-state index is 5.22. The van der Waals surface area contributed by atoms with Gasteiger partial charge in [0, 0.05) is 31.2 Å². The van der Waals surface area contributed by atoms with Gasteiger partial charge < -0.3 is 9.64 Å². The third-order valence-electron chi connectivity index (χ3n) is 2.55. The minimum absolute atomic E-state index is 0.847. The van der Waals surface area contributed by atoms with Gasteiger partial charge in [-0.2, -0.15) is 0 Å². The van der Waals surface area contributed by atoms with E-state index in [0.29, 0.717) is 0 Å². The molecule has 0 unspecified atom stereocenters. The molecule has 0 radical (unpaired) electrons. The highest BCUT2D eigenvalue weighted by Crippen LogP contribution is 2.31. The Bertz CT molecular complexity index is 516. The zero-order valence-corrected chi connectivity index (χ0v) is 11.3. The average molecular weight is 293 g/mol. The summed E-state index contributed by atoms with van der Waals surface area (Å²) in [6.07, 6.45) is 3.56. The van der Waals surface area contributed by atoms with E-state index in [4.69, 9.17) is 4.74 Å². The van der Waals surface area contributed by atoms with Crippen LogP contribution in [0, 0.1) is 0 Å². The van der Waals surface area contributed by atoms with Gasteiger partial charge in [0.1, 0.15) is 5.75 Å². The molecular formula is C13H13BrN2O. The van der Waals surface area contributed by atoms with E-state index in [1.807, 2.05) is 37.4 Å². The zero-order chi connectivity index (χ0) is 12.3. The fourth-order valence-electron chi connectivity index (χ4n) is 1.60. The summed E-state index contributed by atoms with van der Waals surface area (Å²) in [5.41, 5.74) is 2.13. The molecule has 1 aromatic heterocycles. The monoisotopic (exact) mass is 292 g/mol. The van der Waals surface area contributed by atoms with E-state index in [1.165, 1.54) is 0 Å². The van der Waals surface area contributed by atoms with E-state index in [1.54, 1.807) is 19.5 Å². The molecule has 2 rings (SSSR count). The molecule has 0 fully saturated rings. The van der Waals surface area contributed by atoms with Crippen LogP contribution < -0.4 is 9.64 Å². The molecular weight excluding hydrogens is 280 g/mol. The van der Waals surface area contributed by atoms with Crippen LogP contribution in [0.15, 0.2) is 47.2 Å². The van der Waals surface area contributed by atoms with E-state index >= 15 is 0 Å². The minimum atomic E-state index is 0.847. The molecule has 0 amide bonds. The molecule has 88 valence electrons. The predicted molar refractivity (Wildman–Crippen MR) is 73.0 cm³/mol. The number of hydrogen-bond acceptors (Lipinski definition) is 3. The Kier molecular flexibility index (Phi) is 3.64. The first kappa shape index (κ1) is 11.9. The number of methoxy groups -OCH3 is 1. The average Bonchev–Trinajstić information content (AvgIpc) is 2.38. The van der Waals surface area contributed by atoms with E-state index < -0.39 is 0 Å². The maximum Gasteiger partial charge on any atom is 0.120 e. The topological polar surface area (TPSA) is 25.4 Å². The maximum absolute atomic E-state index is 5.22. The molecule has 2 aromatic rings. The van der Waals surface area contributed by atoms with Gasteiger partial charge in [0.05, 0.1) is 17.3 Å². The number of ether oxygens (including phenoxy) is 1. The summed E-state index contributed by atoms with van der Waals surface area (Å²) in [5.74, 6) is 0.847. The SMILES string of the molecule is COc1cccc(N(C)c2ccncc2Br)c1. The van der Waals surface area contributed by atoms with Crippen LogP contribution >= 0.6 is 15.9 Å². The molecule has 0 N–H and O–H groups in total. The summed E-state index contributed by atoms with van der Waals surface area (Å²) in [7, 11) is 3.68. The Labute approximate surface area is 109 Å². The van der Waals surface area contributed by atoms with Gasteiger partial charge in [-0.05, 0) is 34.1 Å². The second kappa shape index (κ2) is 5.19.